The van der Waals surface area contributed by atoms with Crippen LogP contribution in [0.15, 0.2) is 42.5 Å². The molecular weight excluding hydrogens is 335 g/mol. The minimum Gasteiger partial charge on any atom is -0.321 e. The van der Waals surface area contributed by atoms with Crippen molar-refractivity contribution >= 4 is 44.8 Å². The first-order valence-electron chi connectivity index (χ1n) is 6.99. The highest BCUT2D eigenvalue weighted by atomic mass is 32.9. The summed E-state index contributed by atoms with van der Waals surface area (Å²) in [6.45, 7) is 5.17. The fourth-order valence-corrected chi connectivity index (χ4v) is 6.33. The Morgan fingerprint density at radius 1 is 1.14 bits per heavy atom. The molecule has 2 aromatic rings. The zero-order chi connectivity index (χ0) is 15.8. The molecule has 0 N–H and O–H groups in total. The third-order valence-electron chi connectivity index (χ3n) is 3.43. The van der Waals surface area contributed by atoms with Gasteiger partial charge in [-0.15, -0.1) is 0 Å². The Morgan fingerprint density at radius 3 is 2.50 bits per heavy atom. The zero-order valence-corrected chi connectivity index (χ0v) is 15.0. The van der Waals surface area contributed by atoms with E-state index >= 15 is 0 Å². The lowest BCUT2D eigenvalue weighted by atomic mass is 9.97. The van der Waals surface area contributed by atoms with Crippen LogP contribution in [0.25, 0.3) is 10.8 Å². The minimum absolute atomic E-state index is 0.0502. The average Bonchev–Trinajstić information content (AvgIpc) is 2.50. The van der Waals surface area contributed by atoms with Crippen molar-refractivity contribution in [2.24, 2.45) is 5.41 Å². The molecule has 22 heavy (non-hydrogen) atoms. The standard InChI is InChI=1S/C16H17O3PS2/c1-16(2)10-18-20(21,19-11-16)22-15(17)14-9-5-7-12-6-3-4-8-13(12)14/h3-9H,10-11H2,1-2H3. The van der Waals surface area contributed by atoms with Crippen molar-refractivity contribution in [1.29, 1.82) is 0 Å². The second-order valence-electron chi connectivity index (χ2n) is 6.06. The molecule has 0 aliphatic carbocycles. The largest absolute Gasteiger partial charge is 0.321 e. The number of hydrogen-bond acceptors (Lipinski definition) is 5. The second kappa shape index (κ2) is 6.06. The first kappa shape index (κ1) is 16.2. The van der Waals surface area contributed by atoms with Gasteiger partial charge in [0.1, 0.15) is 0 Å². The lowest BCUT2D eigenvalue weighted by Crippen LogP contribution is -2.28. The van der Waals surface area contributed by atoms with Gasteiger partial charge in [0.25, 0.3) is 5.69 Å². The maximum atomic E-state index is 12.7. The third-order valence-corrected chi connectivity index (χ3v) is 8.04. The number of carbonyl (C=O) groups excluding carboxylic acids is 1. The fraction of sp³-hybridized carbons (Fsp3) is 0.312. The summed E-state index contributed by atoms with van der Waals surface area (Å²) in [7, 11) is 0. The average molecular weight is 352 g/mol. The van der Waals surface area contributed by atoms with Crippen LogP contribution in [-0.4, -0.2) is 18.3 Å². The van der Waals surface area contributed by atoms with Crippen LogP contribution in [-0.2, 0) is 20.9 Å². The SMILES string of the molecule is CC1(C)COP(=S)(SC(=O)c2cccc3ccccc23)OC1. The molecule has 3 nitrogen and oxygen atoms in total. The predicted octanol–water partition coefficient (Wildman–Crippen LogP) is 5.01. The van der Waals surface area contributed by atoms with E-state index in [9.17, 15) is 4.79 Å². The van der Waals surface area contributed by atoms with Crippen LogP contribution in [0.2, 0.25) is 0 Å². The van der Waals surface area contributed by atoms with Gasteiger partial charge in [-0.2, -0.15) is 0 Å². The molecule has 0 bridgehead atoms. The van der Waals surface area contributed by atoms with E-state index in [1.165, 1.54) is 0 Å². The molecule has 1 aliphatic rings. The molecule has 1 fully saturated rings. The van der Waals surface area contributed by atoms with Crippen LogP contribution < -0.4 is 0 Å². The van der Waals surface area contributed by atoms with Crippen LogP contribution in [0.1, 0.15) is 24.2 Å². The summed E-state index contributed by atoms with van der Waals surface area (Å²) in [5, 5.41) is 1.89. The molecule has 0 saturated carbocycles. The smallest absolute Gasteiger partial charge is 0.255 e. The van der Waals surface area contributed by atoms with E-state index in [4.69, 9.17) is 20.9 Å². The highest BCUT2D eigenvalue weighted by molar-refractivity contribution is 8.73. The van der Waals surface area contributed by atoms with Gasteiger partial charge in [-0.3, -0.25) is 4.79 Å². The first-order valence-corrected chi connectivity index (χ1v) is 11.1. The quantitative estimate of drug-likeness (QED) is 0.710. The molecule has 116 valence electrons. The summed E-state index contributed by atoms with van der Waals surface area (Å²) < 4.78 is 11.5. The van der Waals surface area contributed by atoms with Crippen molar-refractivity contribution in [3.8, 4) is 0 Å². The van der Waals surface area contributed by atoms with Crippen molar-refractivity contribution in [2.45, 2.75) is 13.8 Å². The summed E-state index contributed by atoms with van der Waals surface area (Å²) in [5.74, 6) is 0. The van der Waals surface area contributed by atoms with E-state index in [0.717, 1.165) is 22.2 Å². The first-order chi connectivity index (χ1) is 10.4. The predicted molar refractivity (Wildman–Crippen MR) is 95.8 cm³/mol. The van der Waals surface area contributed by atoms with Crippen molar-refractivity contribution in [1.82, 2.24) is 0 Å². The summed E-state index contributed by atoms with van der Waals surface area (Å²) in [4.78, 5) is 12.7. The third kappa shape index (κ3) is 3.44. The lowest BCUT2D eigenvalue weighted by Gasteiger charge is -2.35. The maximum Gasteiger partial charge on any atom is 0.255 e. The van der Waals surface area contributed by atoms with Crippen LogP contribution in [0.3, 0.4) is 0 Å². The monoisotopic (exact) mass is 352 g/mol. The number of hydrogen-bond donors (Lipinski definition) is 0. The van der Waals surface area contributed by atoms with E-state index in [0.29, 0.717) is 18.8 Å². The van der Waals surface area contributed by atoms with Gasteiger partial charge in [0.15, 0.2) is 0 Å². The van der Waals surface area contributed by atoms with Crippen molar-refractivity contribution < 1.29 is 13.8 Å². The van der Waals surface area contributed by atoms with Gasteiger partial charge in [-0.05, 0) is 28.6 Å². The van der Waals surface area contributed by atoms with Gasteiger partial charge in [-0.25, -0.2) is 0 Å². The molecule has 0 unspecified atom stereocenters. The molecule has 6 heteroatoms. The molecular formula is C16H17O3PS2. The van der Waals surface area contributed by atoms with Gasteiger partial charge in [-0.1, -0.05) is 50.2 Å². The molecule has 0 atom stereocenters. The number of fused-ring (bicyclic) bond motifs is 1. The molecule has 1 aliphatic heterocycles. The molecule has 0 aromatic heterocycles. The fourth-order valence-electron chi connectivity index (χ4n) is 2.19. The van der Waals surface area contributed by atoms with E-state index in [-0.39, 0.29) is 10.5 Å². The van der Waals surface area contributed by atoms with Gasteiger partial charge in [0.05, 0.1) is 13.2 Å². The van der Waals surface area contributed by atoms with Crippen molar-refractivity contribution in [3.63, 3.8) is 0 Å². The molecule has 1 saturated heterocycles. The van der Waals surface area contributed by atoms with Crippen molar-refractivity contribution in [3.05, 3.63) is 48.0 Å². The van der Waals surface area contributed by atoms with Gasteiger partial charge in [0.2, 0.25) is 5.12 Å². The lowest BCUT2D eigenvalue weighted by molar-refractivity contribution is 0.0671. The highest BCUT2D eigenvalue weighted by Crippen LogP contribution is 2.65. The summed E-state index contributed by atoms with van der Waals surface area (Å²) in [5.41, 5.74) is -1.99. The Morgan fingerprint density at radius 2 is 1.77 bits per heavy atom. The molecule has 0 spiro atoms. The minimum atomic E-state index is -2.59. The van der Waals surface area contributed by atoms with Crippen LogP contribution in [0.4, 0.5) is 0 Å². The van der Waals surface area contributed by atoms with Crippen LogP contribution in [0.5, 0.6) is 0 Å². The van der Waals surface area contributed by atoms with E-state index in [2.05, 4.69) is 13.8 Å². The maximum absolute atomic E-state index is 12.7. The van der Waals surface area contributed by atoms with Crippen LogP contribution >= 0.6 is 17.1 Å². The summed E-state index contributed by atoms with van der Waals surface area (Å²) >= 11 is 6.50. The number of carbonyl (C=O) groups is 1. The topological polar surface area (TPSA) is 35.5 Å². The molecule has 2 aromatic carbocycles. The number of rotatable bonds is 2. The Balaban J connectivity index is 1.84. The van der Waals surface area contributed by atoms with E-state index < -0.39 is 5.69 Å². The summed E-state index contributed by atoms with van der Waals surface area (Å²) in [6.07, 6.45) is 0. The number of benzene rings is 2. The molecule has 0 radical (unpaired) electrons. The normalized spacial score (nSPS) is 19.9. The Kier molecular flexibility index (Phi) is 4.45. The van der Waals surface area contributed by atoms with E-state index in [1.54, 1.807) is 0 Å². The van der Waals surface area contributed by atoms with Crippen molar-refractivity contribution in [2.75, 3.05) is 13.2 Å². The molecule has 0 amide bonds. The van der Waals surface area contributed by atoms with Gasteiger partial charge < -0.3 is 9.05 Å². The Labute approximate surface area is 139 Å². The van der Waals surface area contributed by atoms with Gasteiger partial charge >= 0.3 is 0 Å². The Bertz CT molecular complexity index is 754. The van der Waals surface area contributed by atoms with E-state index in [1.807, 2.05) is 42.5 Å². The van der Waals surface area contributed by atoms with Crippen LogP contribution in [0, 0.1) is 5.41 Å². The zero-order valence-electron chi connectivity index (χ0n) is 12.4. The summed E-state index contributed by atoms with van der Waals surface area (Å²) in [6, 6.07) is 13.5. The molecule has 3 rings (SSSR count). The Hall–Kier alpha value is -0.710. The van der Waals surface area contributed by atoms with Gasteiger partial charge in [0, 0.05) is 22.4 Å². The molecule has 1 heterocycles. The second-order valence-corrected chi connectivity index (χ2v) is 12.2. The highest BCUT2D eigenvalue weighted by Gasteiger charge is 2.36.